The van der Waals surface area contributed by atoms with Crippen molar-refractivity contribution in [1.82, 2.24) is 10.3 Å². The van der Waals surface area contributed by atoms with E-state index in [1.165, 1.54) is 0 Å². The number of aliphatic hydroxyl groups is 1. The molecule has 0 atom stereocenters. The molecule has 1 rings (SSSR count). The van der Waals surface area contributed by atoms with Gasteiger partial charge in [-0.25, -0.2) is 0 Å². The fourth-order valence-corrected chi connectivity index (χ4v) is 1.33. The summed E-state index contributed by atoms with van der Waals surface area (Å²) in [7, 11) is 0. The van der Waals surface area contributed by atoms with E-state index in [-0.39, 0.29) is 12.0 Å². The quantitative estimate of drug-likeness (QED) is 0.862. The van der Waals surface area contributed by atoms with Crippen LogP contribution in [0, 0.1) is 5.41 Å². The van der Waals surface area contributed by atoms with E-state index in [0.29, 0.717) is 0 Å². The number of halogens is 1. The van der Waals surface area contributed by atoms with Crippen LogP contribution in [-0.2, 0) is 6.54 Å². The van der Waals surface area contributed by atoms with E-state index in [4.69, 9.17) is 5.11 Å². The Morgan fingerprint density at radius 3 is 2.73 bits per heavy atom. The highest BCUT2D eigenvalue weighted by molar-refractivity contribution is 9.10. The van der Waals surface area contributed by atoms with Gasteiger partial charge in [0.25, 0.3) is 0 Å². The molecule has 0 aliphatic carbocycles. The summed E-state index contributed by atoms with van der Waals surface area (Å²) in [6.45, 7) is 5.75. The van der Waals surface area contributed by atoms with Crippen LogP contribution in [0.1, 0.15) is 19.5 Å². The molecule has 1 aromatic heterocycles. The van der Waals surface area contributed by atoms with Gasteiger partial charge in [-0.05, 0) is 28.1 Å². The lowest BCUT2D eigenvalue weighted by molar-refractivity contribution is 0.156. The van der Waals surface area contributed by atoms with E-state index in [0.717, 1.165) is 23.3 Å². The molecule has 0 spiro atoms. The van der Waals surface area contributed by atoms with Gasteiger partial charge in [-0.1, -0.05) is 13.8 Å². The average Bonchev–Trinajstić information content (AvgIpc) is 2.21. The maximum Gasteiger partial charge on any atom is 0.0542 e. The first kappa shape index (κ1) is 12.6. The zero-order valence-electron chi connectivity index (χ0n) is 9.13. The van der Waals surface area contributed by atoms with Gasteiger partial charge >= 0.3 is 0 Å². The number of nitrogens with one attached hydrogen (secondary N) is 1. The van der Waals surface area contributed by atoms with E-state index in [1.54, 1.807) is 6.20 Å². The average molecular weight is 273 g/mol. The second kappa shape index (κ2) is 5.58. The number of nitrogens with zero attached hydrogens (tertiary/aromatic N) is 1. The van der Waals surface area contributed by atoms with Crippen molar-refractivity contribution < 1.29 is 5.11 Å². The molecule has 0 bridgehead atoms. The van der Waals surface area contributed by atoms with Gasteiger partial charge in [0.1, 0.15) is 0 Å². The monoisotopic (exact) mass is 272 g/mol. The van der Waals surface area contributed by atoms with Crippen molar-refractivity contribution >= 4 is 15.9 Å². The number of rotatable bonds is 5. The van der Waals surface area contributed by atoms with Crippen molar-refractivity contribution in [3.8, 4) is 0 Å². The molecule has 4 heteroatoms. The highest BCUT2D eigenvalue weighted by atomic mass is 79.9. The molecule has 0 amide bonds. The second-order valence-corrected chi connectivity index (χ2v) is 5.31. The number of aromatic nitrogens is 1. The summed E-state index contributed by atoms with van der Waals surface area (Å²) in [5.74, 6) is 0. The molecule has 0 aromatic carbocycles. The van der Waals surface area contributed by atoms with Gasteiger partial charge in [0.05, 0.1) is 5.69 Å². The van der Waals surface area contributed by atoms with Crippen LogP contribution in [0.5, 0.6) is 0 Å². The van der Waals surface area contributed by atoms with Crippen LogP contribution >= 0.6 is 15.9 Å². The lowest BCUT2D eigenvalue weighted by Gasteiger charge is -2.21. The Hall–Kier alpha value is -0.450. The van der Waals surface area contributed by atoms with Crippen LogP contribution in [0.3, 0.4) is 0 Å². The molecular weight excluding hydrogens is 256 g/mol. The predicted octanol–water partition coefficient (Wildman–Crippen LogP) is 1.95. The Morgan fingerprint density at radius 2 is 2.20 bits per heavy atom. The Balaban J connectivity index is 2.35. The van der Waals surface area contributed by atoms with E-state index in [2.05, 4.69) is 26.2 Å². The van der Waals surface area contributed by atoms with Gasteiger partial charge in [-0.15, -0.1) is 0 Å². The minimum atomic E-state index is -0.0740. The molecule has 0 saturated heterocycles. The smallest absolute Gasteiger partial charge is 0.0542 e. The van der Waals surface area contributed by atoms with Crippen LogP contribution in [0.2, 0.25) is 0 Å². The van der Waals surface area contributed by atoms with Crippen LogP contribution < -0.4 is 5.32 Å². The molecule has 84 valence electrons. The van der Waals surface area contributed by atoms with E-state index in [1.807, 2.05) is 26.0 Å². The predicted molar refractivity (Wildman–Crippen MR) is 64.5 cm³/mol. The Kier molecular flexibility index (Phi) is 4.70. The summed E-state index contributed by atoms with van der Waals surface area (Å²) in [6, 6.07) is 3.95. The zero-order chi connectivity index (χ0) is 11.3. The van der Waals surface area contributed by atoms with Crippen LogP contribution in [0.4, 0.5) is 0 Å². The van der Waals surface area contributed by atoms with Crippen molar-refractivity contribution in [2.75, 3.05) is 13.2 Å². The molecule has 0 saturated carbocycles. The van der Waals surface area contributed by atoms with Gasteiger partial charge in [0.15, 0.2) is 0 Å². The standard InChI is InChI=1S/C11H17BrN2O/c1-11(2,8-15)7-13-6-10-4-3-9(12)5-14-10/h3-5,13,15H,6-8H2,1-2H3. The number of hydrogen-bond acceptors (Lipinski definition) is 3. The first-order chi connectivity index (χ1) is 7.03. The lowest BCUT2D eigenvalue weighted by Crippen LogP contribution is -2.32. The molecule has 0 aliphatic rings. The van der Waals surface area contributed by atoms with Crippen molar-refractivity contribution in [2.24, 2.45) is 5.41 Å². The van der Waals surface area contributed by atoms with Crippen molar-refractivity contribution in [2.45, 2.75) is 20.4 Å². The molecule has 0 unspecified atom stereocenters. The number of hydrogen-bond donors (Lipinski definition) is 2. The summed E-state index contributed by atoms with van der Waals surface area (Å²) in [4.78, 5) is 4.25. The largest absolute Gasteiger partial charge is 0.396 e. The molecule has 1 aromatic rings. The third-order valence-electron chi connectivity index (χ3n) is 2.13. The highest BCUT2D eigenvalue weighted by Gasteiger charge is 2.15. The van der Waals surface area contributed by atoms with Crippen molar-refractivity contribution in [3.05, 3.63) is 28.5 Å². The van der Waals surface area contributed by atoms with Crippen molar-refractivity contribution in [3.63, 3.8) is 0 Å². The Morgan fingerprint density at radius 1 is 1.47 bits per heavy atom. The maximum atomic E-state index is 9.07. The SMILES string of the molecule is CC(C)(CO)CNCc1ccc(Br)cn1. The summed E-state index contributed by atoms with van der Waals surface area (Å²) < 4.78 is 0.988. The fourth-order valence-electron chi connectivity index (χ4n) is 1.10. The zero-order valence-corrected chi connectivity index (χ0v) is 10.7. The highest BCUT2D eigenvalue weighted by Crippen LogP contribution is 2.12. The molecule has 2 N–H and O–H groups in total. The maximum absolute atomic E-state index is 9.07. The van der Waals surface area contributed by atoms with E-state index < -0.39 is 0 Å². The van der Waals surface area contributed by atoms with E-state index in [9.17, 15) is 0 Å². The minimum Gasteiger partial charge on any atom is -0.396 e. The molecule has 0 fully saturated rings. The van der Waals surface area contributed by atoms with E-state index >= 15 is 0 Å². The van der Waals surface area contributed by atoms with Crippen molar-refractivity contribution in [1.29, 1.82) is 0 Å². The fraction of sp³-hybridized carbons (Fsp3) is 0.545. The normalized spacial score (nSPS) is 11.7. The van der Waals surface area contributed by atoms with Gasteiger partial charge in [-0.2, -0.15) is 0 Å². The number of aliphatic hydroxyl groups excluding tert-OH is 1. The summed E-state index contributed by atoms with van der Waals surface area (Å²) in [5.41, 5.74) is 0.932. The molecule has 1 heterocycles. The molecule has 0 aliphatic heterocycles. The van der Waals surface area contributed by atoms with Gasteiger partial charge in [0, 0.05) is 35.8 Å². The van der Waals surface area contributed by atoms with Crippen LogP contribution in [-0.4, -0.2) is 23.2 Å². The number of pyridine rings is 1. The third-order valence-corrected chi connectivity index (χ3v) is 2.60. The van der Waals surface area contributed by atoms with Gasteiger partial charge in [0.2, 0.25) is 0 Å². The van der Waals surface area contributed by atoms with Crippen LogP contribution in [0.15, 0.2) is 22.8 Å². The lowest BCUT2D eigenvalue weighted by atomic mass is 9.95. The second-order valence-electron chi connectivity index (χ2n) is 4.39. The summed E-state index contributed by atoms with van der Waals surface area (Å²) in [6.07, 6.45) is 1.79. The van der Waals surface area contributed by atoms with Crippen LogP contribution in [0.25, 0.3) is 0 Å². The summed E-state index contributed by atoms with van der Waals surface area (Å²) in [5, 5.41) is 12.3. The molecule has 0 radical (unpaired) electrons. The third kappa shape index (κ3) is 4.73. The minimum absolute atomic E-state index is 0.0740. The molecular formula is C11H17BrN2O. The molecule has 15 heavy (non-hydrogen) atoms. The molecule has 3 nitrogen and oxygen atoms in total. The summed E-state index contributed by atoms with van der Waals surface area (Å²) >= 11 is 3.34. The Bertz CT molecular complexity index is 298. The van der Waals surface area contributed by atoms with Gasteiger partial charge in [-0.3, -0.25) is 4.98 Å². The first-order valence-electron chi connectivity index (χ1n) is 4.95. The first-order valence-corrected chi connectivity index (χ1v) is 5.75. The van der Waals surface area contributed by atoms with Gasteiger partial charge < -0.3 is 10.4 Å². The topological polar surface area (TPSA) is 45.1 Å². The Labute approximate surface area is 99.1 Å².